The smallest absolute Gasteiger partial charge is 0.240 e. The first-order valence-corrected chi connectivity index (χ1v) is 5.11. The third kappa shape index (κ3) is 2.54. The molecule has 0 aromatic heterocycles. The van der Waals surface area contributed by atoms with E-state index in [1.165, 1.54) is 17.0 Å². The normalized spacial score (nSPS) is 12.3. The van der Waals surface area contributed by atoms with Crippen LogP contribution < -0.4 is 4.90 Å². The first-order chi connectivity index (χ1) is 6.52. The van der Waals surface area contributed by atoms with E-state index in [2.05, 4.69) is 15.9 Å². The lowest BCUT2D eigenvalue weighted by Gasteiger charge is -2.18. The second-order valence-electron chi connectivity index (χ2n) is 2.99. The lowest BCUT2D eigenvalue weighted by atomic mass is 10.3. The molecule has 0 unspecified atom stereocenters. The molecule has 0 bridgehead atoms. The fourth-order valence-electron chi connectivity index (χ4n) is 1.06. The molecule has 1 rings (SSSR count). The molecule has 0 saturated carbocycles. The number of benzene rings is 1. The molecule has 0 spiro atoms. The summed E-state index contributed by atoms with van der Waals surface area (Å²) in [6.45, 7) is 1.75. The van der Waals surface area contributed by atoms with Gasteiger partial charge in [-0.3, -0.25) is 4.79 Å². The maximum Gasteiger partial charge on any atom is 0.240 e. The molecule has 14 heavy (non-hydrogen) atoms. The summed E-state index contributed by atoms with van der Waals surface area (Å²) in [5.74, 6) is -0.363. The summed E-state index contributed by atoms with van der Waals surface area (Å²) in [5.41, 5.74) is 0.683. The lowest BCUT2D eigenvalue weighted by Crippen LogP contribution is -2.31. The molecular weight excluding hydrogens is 249 g/mol. The van der Waals surface area contributed by atoms with Gasteiger partial charge < -0.3 is 4.90 Å². The Hall–Kier alpha value is -0.900. The Labute approximate surface area is 90.8 Å². The molecule has 0 aliphatic rings. The SMILES string of the molecule is C[C@H](Br)C(=O)N(C)c1ccc(F)cc1. The standard InChI is InChI=1S/C10H11BrFNO/c1-7(11)10(14)13(2)9-5-3-8(12)4-6-9/h3-7H,1-2H3/t7-/m0/s1. The minimum atomic E-state index is -0.304. The van der Waals surface area contributed by atoms with E-state index < -0.39 is 0 Å². The zero-order chi connectivity index (χ0) is 10.7. The zero-order valence-corrected chi connectivity index (χ0v) is 9.58. The molecule has 0 heterocycles. The van der Waals surface area contributed by atoms with Gasteiger partial charge in [0.1, 0.15) is 5.82 Å². The summed E-state index contributed by atoms with van der Waals surface area (Å²) in [6.07, 6.45) is 0. The highest BCUT2D eigenvalue weighted by molar-refractivity contribution is 9.10. The van der Waals surface area contributed by atoms with Crippen molar-refractivity contribution in [3.63, 3.8) is 0 Å². The van der Waals surface area contributed by atoms with Crippen molar-refractivity contribution in [2.45, 2.75) is 11.8 Å². The average Bonchev–Trinajstić information content (AvgIpc) is 2.16. The molecule has 0 radical (unpaired) electrons. The van der Waals surface area contributed by atoms with Crippen LogP contribution in [0.4, 0.5) is 10.1 Å². The van der Waals surface area contributed by atoms with Crippen LogP contribution in [0.15, 0.2) is 24.3 Å². The molecule has 1 amide bonds. The number of hydrogen-bond donors (Lipinski definition) is 0. The number of amides is 1. The highest BCUT2D eigenvalue weighted by Gasteiger charge is 2.15. The van der Waals surface area contributed by atoms with E-state index >= 15 is 0 Å². The van der Waals surface area contributed by atoms with E-state index in [4.69, 9.17) is 0 Å². The molecule has 2 nitrogen and oxygen atoms in total. The second-order valence-corrected chi connectivity index (χ2v) is 4.36. The Balaban J connectivity index is 2.84. The van der Waals surface area contributed by atoms with Gasteiger partial charge in [-0.2, -0.15) is 0 Å². The summed E-state index contributed by atoms with van der Waals surface area (Å²) < 4.78 is 12.6. The van der Waals surface area contributed by atoms with Crippen LogP contribution in [-0.4, -0.2) is 17.8 Å². The van der Waals surface area contributed by atoms with Crippen molar-refractivity contribution < 1.29 is 9.18 Å². The van der Waals surface area contributed by atoms with Crippen LogP contribution in [0.2, 0.25) is 0 Å². The van der Waals surface area contributed by atoms with Gasteiger partial charge in [0.05, 0.1) is 4.83 Å². The van der Waals surface area contributed by atoms with Crippen LogP contribution in [0, 0.1) is 5.82 Å². The number of nitrogens with zero attached hydrogens (tertiary/aromatic N) is 1. The van der Waals surface area contributed by atoms with Crippen LogP contribution in [0.1, 0.15) is 6.92 Å². The van der Waals surface area contributed by atoms with Crippen molar-refractivity contribution in [3.05, 3.63) is 30.1 Å². The molecule has 76 valence electrons. The van der Waals surface area contributed by atoms with E-state index in [9.17, 15) is 9.18 Å². The predicted octanol–water partition coefficient (Wildman–Crippen LogP) is 2.57. The van der Waals surface area contributed by atoms with E-state index in [0.717, 1.165) is 0 Å². The Morgan fingerprint density at radius 2 is 1.93 bits per heavy atom. The van der Waals surface area contributed by atoms with Crippen LogP contribution in [0.25, 0.3) is 0 Å². The van der Waals surface area contributed by atoms with Crippen molar-refractivity contribution in [2.24, 2.45) is 0 Å². The monoisotopic (exact) mass is 259 g/mol. The van der Waals surface area contributed by atoms with Gasteiger partial charge in [0, 0.05) is 12.7 Å². The molecular formula is C10H11BrFNO. The quantitative estimate of drug-likeness (QED) is 0.748. The second kappa shape index (κ2) is 4.55. The maximum atomic E-state index is 12.6. The van der Waals surface area contributed by atoms with Crippen molar-refractivity contribution in [1.82, 2.24) is 0 Å². The number of anilines is 1. The maximum absolute atomic E-state index is 12.6. The van der Waals surface area contributed by atoms with E-state index in [-0.39, 0.29) is 16.6 Å². The van der Waals surface area contributed by atoms with Crippen molar-refractivity contribution in [1.29, 1.82) is 0 Å². The highest BCUT2D eigenvalue weighted by atomic mass is 79.9. The molecule has 0 saturated heterocycles. The topological polar surface area (TPSA) is 20.3 Å². The highest BCUT2D eigenvalue weighted by Crippen LogP contribution is 2.15. The Morgan fingerprint density at radius 1 is 1.43 bits per heavy atom. The molecule has 1 atom stereocenters. The predicted molar refractivity (Wildman–Crippen MR) is 58.2 cm³/mol. The van der Waals surface area contributed by atoms with Gasteiger partial charge in [-0.1, -0.05) is 15.9 Å². The Kier molecular flexibility index (Phi) is 3.63. The number of alkyl halides is 1. The van der Waals surface area contributed by atoms with E-state index in [1.807, 2.05) is 0 Å². The van der Waals surface area contributed by atoms with Crippen molar-refractivity contribution in [2.75, 3.05) is 11.9 Å². The average molecular weight is 260 g/mol. The first kappa shape index (κ1) is 11.2. The van der Waals surface area contributed by atoms with Gasteiger partial charge in [0.25, 0.3) is 0 Å². The summed E-state index contributed by atoms with van der Waals surface area (Å²) in [4.78, 5) is 12.8. The zero-order valence-electron chi connectivity index (χ0n) is 8.00. The van der Waals surface area contributed by atoms with Crippen molar-refractivity contribution in [3.8, 4) is 0 Å². The Bertz CT molecular complexity index is 323. The summed E-state index contributed by atoms with van der Waals surface area (Å²) >= 11 is 3.19. The first-order valence-electron chi connectivity index (χ1n) is 4.19. The lowest BCUT2D eigenvalue weighted by molar-refractivity contribution is -0.117. The molecule has 0 N–H and O–H groups in total. The summed E-state index contributed by atoms with van der Waals surface area (Å²) in [5, 5.41) is 0. The number of rotatable bonds is 2. The van der Waals surface area contributed by atoms with Crippen LogP contribution in [0.5, 0.6) is 0 Å². The number of carbonyl (C=O) groups excluding carboxylic acids is 1. The van der Waals surface area contributed by atoms with Gasteiger partial charge in [-0.05, 0) is 31.2 Å². The van der Waals surface area contributed by atoms with Crippen molar-refractivity contribution >= 4 is 27.5 Å². The van der Waals surface area contributed by atoms with E-state index in [0.29, 0.717) is 5.69 Å². The Morgan fingerprint density at radius 3 is 2.36 bits per heavy atom. The summed E-state index contributed by atoms with van der Waals surface area (Å²) in [7, 11) is 1.66. The number of carbonyl (C=O) groups is 1. The van der Waals surface area contributed by atoms with Gasteiger partial charge in [-0.25, -0.2) is 4.39 Å². The fraction of sp³-hybridized carbons (Fsp3) is 0.300. The molecule has 0 aliphatic carbocycles. The van der Waals surface area contributed by atoms with Crippen LogP contribution in [0.3, 0.4) is 0 Å². The molecule has 4 heteroatoms. The largest absolute Gasteiger partial charge is 0.315 e. The van der Waals surface area contributed by atoms with Gasteiger partial charge in [0.2, 0.25) is 5.91 Å². The van der Waals surface area contributed by atoms with Gasteiger partial charge in [-0.15, -0.1) is 0 Å². The summed E-state index contributed by atoms with van der Waals surface area (Å²) in [6, 6.07) is 5.81. The van der Waals surface area contributed by atoms with Gasteiger partial charge in [0.15, 0.2) is 0 Å². The fourth-order valence-corrected chi connectivity index (χ4v) is 1.37. The third-order valence-corrected chi connectivity index (χ3v) is 2.28. The minimum Gasteiger partial charge on any atom is -0.315 e. The molecule has 0 fully saturated rings. The van der Waals surface area contributed by atoms with E-state index in [1.54, 1.807) is 26.1 Å². The minimum absolute atomic E-state index is 0.0587. The molecule has 1 aromatic rings. The van der Waals surface area contributed by atoms with Crippen LogP contribution in [-0.2, 0) is 4.79 Å². The third-order valence-electron chi connectivity index (χ3n) is 1.88. The van der Waals surface area contributed by atoms with Gasteiger partial charge >= 0.3 is 0 Å². The molecule has 0 aliphatic heterocycles. The number of halogens is 2. The molecule has 1 aromatic carbocycles. The van der Waals surface area contributed by atoms with Crippen LogP contribution >= 0.6 is 15.9 Å². The number of hydrogen-bond acceptors (Lipinski definition) is 1.